The van der Waals surface area contributed by atoms with Gasteiger partial charge in [-0.3, -0.25) is 4.79 Å². The molecule has 152 valence electrons. The molecule has 3 aromatic rings. The summed E-state index contributed by atoms with van der Waals surface area (Å²) in [5, 5.41) is 12.8. The molecule has 0 fully saturated rings. The van der Waals surface area contributed by atoms with Gasteiger partial charge in [0.1, 0.15) is 0 Å². The second kappa shape index (κ2) is 7.83. The molecule has 0 atom stereocenters. The van der Waals surface area contributed by atoms with Gasteiger partial charge >= 0.3 is 0 Å². The van der Waals surface area contributed by atoms with E-state index >= 15 is 0 Å². The first-order valence-electron chi connectivity index (χ1n) is 9.31. The highest BCUT2D eigenvalue weighted by atomic mass is 16.5. The lowest BCUT2D eigenvalue weighted by atomic mass is 9.97. The molecule has 1 heterocycles. The van der Waals surface area contributed by atoms with Crippen molar-refractivity contribution in [2.45, 2.75) is 0 Å². The lowest BCUT2D eigenvalue weighted by Crippen LogP contribution is -2.03. The largest absolute Gasteiger partial charge is 0.504 e. The van der Waals surface area contributed by atoms with Crippen molar-refractivity contribution >= 4 is 23.2 Å². The first-order valence-corrected chi connectivity index (χ1v) is 9.31. The lowest BCUT2D eigenvalue weighted by Gasteiger charge is -2.11. The Morgan fingerprint density at radius 1 is 0.867 bits per heavy atom. The van der Waals surface area contributed by atoms with Crippen molar-refractivity contribution in [1.29, 1.82) is 0 Å². The number of phenolic OH excluding ortho intramolecular Hbond substituents is 1. The van der Waals surface area contributed by atoms with Crippen LogP contribution in [0.15, 0.2) is 54.6 Å². The Kier molecular flexibility index (Phi) is 5.06. The maximum Gasteiger partial charge on any atom is 0.256 e. The van der Waals surface area contributed by atoms with Crippen molar-refractivity contribution in [2.75, 3.05) is 26.6 Å². The van der Waals surface area contributed by atoms with Crippen LogP contribution < -0.4 is 19.5 Å². The van der Waals surface area contributed by atoms with Crippen LogP contribution in [0.3, 0.4) is 0 Å². The Morgan fingerprint density at radius 2 is 1.60 bits per heavy atom. The van der Waals surface area contributed by atoms with Gasteiger partial charge in [0.15, 0.2) is 23.0 Å². The van der Waals surface area contributed by atoms with Crippen molar-refractivity contribution in [3.63, 3.8) is 0 Å². The third kappa shape index (κ3) is 3.33. The number of anilines is 1. The van der Waals surface area contributed by atoms with Gasteiger partial charge < -0.3 is 24.6 Å². The molecule has 0 unspecified atom stereocenters. The number of amides is 1. The van der Waals surface area contributed by atoms with Gasteiger partial charge in [-0.05, 0) is 47.5 Å². The standard InChI is InChI=1S/C24H21NO5/c1-28-21-6-4-5-16(23(21)30-3)12-18-17-11-14(7-9-19(17)25-24(18)27)15-8-10-20(26)22(13-15)29-2/h4-13,26H,1-3H3,(H,25,27)/b18-12-. The Bertz CT molecular complexity index is 1170. The number of hydrogen-bond acceptors (Lipinski definition) is 5. The van der Waals surface area contributed by atoms with Gasteiger partial charge in [0, 0.05) is 22.4 Å². The summed E-state index contributed by atoms with van der Waals surface area (Å²) in [4.78, 5) is 12.7. The molecule has 2 N–H and O–H groups in total. The second-order valence-electron chi connectivity index (χ2n) is 6.74. The van der Waals surface area contributed by atoms with Crippen molar-refractivity contribution in [3.05, 3.63) is 65.7 Å². The van der Waals surface area contributed by atoms with E-state index in [0.717, 1.165) is 27.9 Å². The number of hydrogen-bond donors (Lipinski definition) is 2. The van der Waals surface area contributed by atoms with Crippen LogP contribution in [0.1, 0.15) is 11.1 Å². The number of aromatic hydroxyl groups is 1. The zero-order valence-corrected chi connectivity index (χ0v) is 16.9. The minimum Gasteiger partial charge on any atom is -0.504 e. The van der Waals surface area contributed by atoms with Crippen molar-refractivity contribution in [1.82, 2.24) is 0 Å². The highest BCUT2D eigenvalue weighted by Gasteiger charge is 2.25. The van der Waals surface area contributed by atoms with Crippen LogP contribution in [0.5, 0.6) is 23.0 Å². The number of phenols is 1. The van der Waals surface area contributed by atoms with Crippen LogP contribution in [-0.2, 0) is 4.79 Å². The van der Waals surface area contributed by atoms with Gasteiger partial charge in [-0.1, -0.05) is 24.3 Å². The van der Waals surface area contributed by atoms with E-state index in [1.165, 1.54) is 7.11 Å². The second-order valence-corrected chi connectivity index (χ2v) is 6.74. The highest BCUT2D eigenvalue weighted by Crippen LogP contribution is 2.40. The first kappa shape index (κ1) is 19.4. The van der Waals surface area contributed by atoms with Crippen molar-refractivity contribution in [3.8, 4) is 34.1 Å². The minimum absolute atomic E-state index is 0.0740. The van der Waals surface area contributed by atoms with Crippen molar-refractivity contribution < 1.29 is 24.1 Å². The Morgan fingerprint density at radius 3 is 2.33 bits per heavy atom. The van der Waals surface area contributed by atoms with Crippen LogP contribution in [0.25, 0.3) is 22.8 Å². The molecular weight excluding hydrogens is 382 g/mol. The normalized spacial score (nSPS) is 13.7. The van der Waals surface area contributed by atoms with E-state index in [-0.39, 0.29) is 11.7 Å². The summed E-state index contributed by atoms with van der Waals surface area (Å²) in [7, 11) is 4.65. The number of methoxy groups -OCH3 is 3. The average Bonchev–Trinajstić information content (AvgIpc) is 3.08. The summed E-state index contributed by atoms with van der Waals surface area (Å²) < 4.78 is 16.1. The fraction of sp³-hybridized carbons (Fsp3) is 0.125. The molecule has 0 aliphatic carbocycles. The number of ether oxygens (including phenoxy) is 3. The molecule has 0 radical (unpaired) electrons. The number of carbonyl (C=O) groups excluding carboxylic acids is 1. The van der Waals surface area contributed by atoms with Gasteiger partial charge in [0.25, 0.3) is 5.91 Å². The van der Waals surface area contributed by atoms with E-state index in [1.807, 2.05) is 30.3 Å². The van der Waals surface area contributed by atoms with Crippen LogP contribution in [0, 0.1) is 0 Å². The first-order chi connectivity index (χ1) is 14.5. The third-order valence-electron chi connectivity index (χ3n) is 5.05. The number of fused-ring (bicyclic) bond motifs is 1. The molecule has 1 amide bonds. The molecule has 30 heavy (non-hydrogen) atoms. The van der Waals surface area contributed by atoms with Gasteiger partial charge in [0.05, 0.1) is 21.3 Å². The molecule has 0 saturated heterocycles. The van der Waals surface area contributed by atoms with E-state index in [2.05, 4.69) is 5.32 Å². The molecule has 1 aliphatic heterocycles. The smallest absolute Gasteiger partial charge is 0.256 e. The molecule has 0 saturated carbocycles. The molecule has 0 bridgehead atoms. The SMILES string of the molecule is COc1cc(-c2ccc3c(c2)/C(=C/c2cccc(OC)c2OC)C(=O)N3)ccc1O. The fourth-order valence-corrected chi connectivity index (χ4v) is 3.55. The number of rotatable bonds is 5. The minimum atomic E-state index is -0.185. The summed E-state index contributed by atoms with van der Waals surface area (Å²) in [5.74, 6) is 1.43. The zero-order chi connectivity index (χ0) is 21.3. The van der Waals surface area contributed by atoms with E-state index in [4.69, 9.17) is 14.2 Å². The number of nitrogens with one attached hydrogen (secondary N) is 1. The Balaban J connectivity index is 1.81. The number of para-hydroxylation sites is 1. The van der Waals surface area contributed by atoms with Crippen LogP contribution >= 0.6 is 0 Å². The number of benzene rings is 3. The van der Waals surface area contributed by atoms with Crippen LogP contribution in [0.4, 0.5) is 5.69 Å². The van der Waals surface area contributed by atoms with E-state index < -0.39 is 0 Å². The average molecular weight is 403 g/mol. The summed E-state index contributed by atoms with van der Waals surface area (Å²) >= 11 is 0. The Hall–Kier alpha value is -3.93. The van der Waals surface area contributed by atoms with Gasteiger partial charge in [-0.2, -0.15) is 0 Å². The summed E-state index contributed by atoms with van der Waals surface area (Å²) in [6.07, 6.45) is 1.80. The predicted octanol–water partition coefficient (Wildman–Crippen LogP) is 4.58. The molecule has 1 aliphatic rings. The van der Waals surface area contributed by atoms with Gasteiger partial charge in [-0.15, -0.1) is 0 Å². The van der Waals surface area contributed by atoms with E-state index in [9.17, 15) is 9.90 Å². The highest BCUT2D eigenvalue weighted by molar-refractivity contribution is 6.35. The van der Waals surface area contributed by atoms with Crippen molar-refractivity contribution in [2.24, 2.45) is 0 Å². The molecule has 6 heteroatoms. The van der Waals surface area contributed by atoms with Gasteiger partial charge in [0.2, 0.25) is 0 Å². The molecule has 4 rings (SSSR count). The zero-order valence-electron chi connectivity index (χ0n) is 16.9. The maximum atomic E-state index is 12.7. The monoisotopic (exact) mass is 403 g/mol. The summed E-state index contributed by atoms with van der Waals surface area (Å²) in [6, 6.07) is 16.4. The van der Waals surface area contributed by atoms with E-state index in [1.54, 1.807) is 44.6 Å². The Labute approximate surface area is 174 Å². The molecular formula is C24H21NO5. The summed E-state index contributed by atoms with van der Waals surface area (Å²) in [6.45, 7) is 0. The summed E-state index contributed by atoms with van der Waals surface area (Å²) in [5.41, 5.74) is 4.56. The molecule has 0 spiro atoms. The van der Waals surface area contributed by atoms with Crippen LogP contribution in [0.2, 0.25) is 0 Å². The van der Waals surface area contributed by atoms with Gasteiger partial charge in [-0.25, -0.2) is 0 Å². The quantitative estimate of drug-likeness (QED) is 0.610. The number of carbonyl (C=O) groups is 1. The third-order valence-corrected chi connectivity index (χ3v) is 5.05. The predicted molar refractivity (Wildman–Crippen MR) is 116 cm³/mol. The molecule has 0 aromatic heterocycles. The van der Waals surface area contributed by atoms with Crippen LogP contribution in [-0.4, -0.2) is 32.3 Å². The fourth-order valence-electron chi connectivity index (χ4n) is 3.55. The van der Waals surface area contributed by atoms with E-state index in [0.29, 0.717) is 22.8 Å². The molecule has 6 nitrogen and oxygen atoms in total. The lowest BCUT2D eigenvalue weighted by molar-refractivity contribution is -0.110. The topological polar surface area (TPSA) is 77.0 Å². The maximum absolute atomic E-state index is 12.7. The molecule has 3 aromatic carbocycles.